The number of halogens is 3. The molecule has 0 N–H and O–H groups in total. The number of hydrogen-bond acceptors (Lipinski definition) is 2. The Kier molecular flexibility index (Phi) is 5.81. The molecule has 0 unspecified atom stereocenters. The Hall–Kier alpha value is -0.200. The molecule has 0 aliphatic rings. The number of nitrogens with zero attached hydrogens (tertiary/aromatic N) is 3. The van der Waals surface area contributed by atoms with E-state index in [2.05, 4.69) is 83.0 Å². The van der Waals surface area contributed by atoms with Gasteiger partial charge < -0.3 is 0 Å². The third-order valence-corrected chi connectivity index (χ3v) is 6.08. The summed E-state index contributed by atoms with van der Waals surface area (Å²) in [7, 11) is 0. The van der Waals surface area contributed by atoms with Gasteiger partial charge in [0.15, 0.2) is 0 Å². The fourth-order valence-corrected chi connectivity index (χ4v) is 4.57. The fourth-order valence-electron chi connectivity index (χ4n) is 2.20. The normalized spacial score (nSPS) is 11.8. The van der Waals surface area contributed by atoms with Crippen LogP contribution in [0.4, 0.5) is 0 Å². The Labute approximate surface area is 144 Å². The lowest BCUT2D eigenvalue weighted by Crippen LogP contribution is -2.34. The first-order valence-corrected chi connectivity index (χ1v) is 9.43. The number of alkyl halides is 2. The van der Waals surface area contributed by atoms with Crippen molar-refractivity contribution in [2.75, 3.05) is 10.7 Å². The van der Waals surface area contributed by atoms with E-state index in [1.54, 1.807) is 6.33 Å². The Morgan fingerprint density at radius 3 is 2.60 bits per heavy atom. The first kappa shape index (κ1) is 16.2. The number of benzene rings is 1. The van der Waals surface area contributed by atoms with Crippen molar-refractivity contribution in [1.82, 2.24) is 14.8 Å². The van der Waals surface area contributed by atoms with Gasteiger partial charge in [0, 0.05) is 33.5 Å². The molecule has 1 aromatic carbocycles. The number of aryl methyl sites for hydroxylation is 1. The first-order valence-electron chi connectivity index (χ1n) is 6.40. The van der Waals surface area contributed by atoms with Crippen molar-refractivity contribution in [3.8, 4) is 0 Å². The maximum atomic E-state index is 4.41. The second-order valence-corrected chi connectivity index (χ2v) is 6.76. The zero-order chi connectivity index (χ0) is 14.6. The molecule has 1 aromatic heterocycles. The van der Waals surface area contributed by atoms with Crippen molar-refractivity contribution in [2.24, 2.45) is 0 Å². The molecule has 108 valence electrons. The molecule has 0 amide bonds. The second-order valence-electron chi connectivity index (χ2n) is 4.73. The lowest BCUT2D eigenvalue weighted by atomic mass is 9.81. The largest absolute Gasteiger partial charge is 0.250 e. The van der Waals surface area contributed by atoms with E-state index in [9.17, 15) is 0 Å². The first-order chi connectivity index (χ1) is 9.65. The molecule has 0 aliphatic heterocycles. The Morgan fingerprint density at radius 1 is 1.25 bits per heavy atom. The Bertz CT molecular complexity index is 564. The van der Waals surface area contributed by atoms with Gasteiger partial charge in [0.25, 0.3) is 0 Å². The molecule has 0 spiro atoms. The molecule has 20 heavy (non-hydrogen) atoms. The molecule has 0 radical (unpaired) electrons. The van der Waals surface area contributed by atoms with Crippen LogP contribution in [-0.4, -0.2) is 25.4 Å². The summed E-state index contributed by atoms with van der Waals surface area (Å²) in [4.78, 5) is 4.41. The summed E-state index contributed by atoms with van der Waals surface area (Å²) in [5.74, 6) is 1.02. The average molecular weight is 466 g/mol. The molecule has 2 aromatic rings. The van der Waals surface area contributed by atoms with Gasteiger partial charge in [-0.2, -0.15) is 5.10 Å². The minimum Gasteiger partial charge on any atom is -0.250 e. The van der Waals surface area contributed by atoms with Crippen molar-refractivity contribution < 1.29 is 0 Å². The van der Waals surface area contributed by atoms with Gasteiger partial charge in [-0.1, -0.05) is 59.9 Å². The van der Waals surface area contributed by atoms with E-state index in [4.69, 9.17) is 0 Å². The van der Waals surface area contributed by atoms with Crippen molar-refractivity contribution in [3.63, 3.8) is 0 Å². The Balaban J connectivity index is 2.39. The summed E-state index contributed by atoms with van der Waals surface area (Å²) in [5.41, 5.74) is 1.25. The van der Waals surface area contributed by atoms with Gasteiger partial charge in [0.05, 0.1) is 0 Å². The van der Waals surface area contributed by atoms with E-state index in [0.29, 0.717) is 0 Å². The molecular weight excluding hydrogens is 450 g/mol. The molecule has 0 atom stereocenters. The number of hydrogen-bond donors (Lipinski definition) is 0. The zero-order valence-electron chi connectivity index (χ0n) is 11.2. The maximum Gasteiger partial charge on any atom is 0.138 e. The fraction of sp³-hybridized carbons (Fsp3) is 0.429. The van der Waals surface area contributed by atoms with E-state index in [1.807, 2.05) is 10.7 Å². The summed E-state index contributed by atoms with van der Waals surface area (Å²) in [6.07, 6.45) is 2.47. The van der Waals surface area contributed by atoms with Gasteiger partial charge in [-0.15, -0.1) is 0 Å². The van der Waals surface area contributed by atoms with Crippen molar-refractivity contribution >= 4 is 47.8 Å². The molecule has 0 fully saturated rings. The third kappa shape index (κ3) is 3.34. The van der Waals surface area contributed by atoms with E-state index < -0.39 is 0 Å². The standard InChI is InChI=1S/C14H16Br3N3/c1-2-20-13(18-10-19-20)7-14(8-15,9-16)11-4-3-5-12(17)6-11/h3-6,10H,2,7-9H2,1H3. The van der Waals surface area contributed by atoms with Gasteiger partial charge in [-0.25, -0.2) is 4.98 Å². The smallest absolute Gasteiger partial charge is 0.138 e. The summed E-state index contributed by atoms with van der Waals surface area (Å²) in [5, 5.41) is 5.98. The predicted octanol–water partition coefficient (Wildman–Crippen LogP) is 4.33. The van der Waals surface area contributed by atoms with Gasteiger partial charge in [0.2, 0.25) is 0 Å². The van der Waals surface area contributed by atoms with Crippen LogP contribution in [0.5, 0.6) is 0 Å². The molecule has 2 rings (SSSR count). The third-order valence-electron chi connectivity index (χ3n) is 3.44. The second kappa shape index (κ2) is 7.18. The van der Waals surface area contributed by atoms with Gasteiger partial charge in [-0.05, 0) is 24.6 Å². The Morgan fingerprint density at radius 2 is 2.00 bits per heavy atom. The molecule has 0 saturated heterocycles. The molecular formula is C14H16Br3N3. The SMILES string of the molecule is CCn1ncnc1CC(CBr)(CBr)c1cccc(Br)c1. The predicted molar refractivity (Wildman–Crippen MR) is 92.8 cm³/mol. The molecule has 0 bridgehead atoms. The molecule has 0 saturated carbocycles. The van der Waals surface area contributed by atoms with Crippen LogP contribution in [0.15, 0.2) is 35.1 Å². The van der Waals surface area contributed by atoms with Gasteiger partial charge in [-0.3, -0.25) is 4.68 Å². The molecule has 1 heterocycles. The highest BCUT2D eigenvalue weighted by Gasteiger charge is 2.32. The van der Waals surface area contributed by atoms with Crippen LogP contribution in [-0.2, 0) is 18.4 Å². The van der Waals surface area contributed by atoms with Crippen LogP contribution in [0.25, 0.3) is 0 Å². The van der Waals surface area contributed by atoms with Crippen molar-refractivity contribution in [2.45, 2.75) is 25.3 Å². The van der Waals surface area contributed by atoms with Crippen LogP contribution in [0.1, 0.15) is 18.3 Å². The minimum absolute atomic E-state index is 0.0380. The van der Waals surface area contributed by atoms with Crippen LogP contribution in [0.3, 0.4) is 0 Å². The summed E-state index contributed by atoms with van der Waals surface area (Å²) in [6, 6.07) is 8.46. The van der Waals surface area contributed by atoms with E-state index in [1.165, 1.54) is 5.56 Å². The lowest BCUT2D eigenvalue weighted by molar-refractivity contribution is 0.500. The summed E-state index contributed by atoms with van der Waals surface area (Å²) < 4.78 is 3.05. The number of aromatic nitrogens is 3. The van der Waals surface area contributed by atoms with Crippen molar-refractivity contribution in [3.05, 3.63) is 46.5 Å². The van der Waals surface area contributed by atoms with E-state index in [0.717, 1.165) is 33.9 Å². The maximum absolute atomic E-state index is 4.41. The highest BCUT2D eigenvalue weighted by atomic mass is 79.9. The van der Waals surface area contributed by atoms with Crippen LogP contribution < -0.4 is 0 Å². The zero-order valence-corrected chi connectivity index (χ0v) is 15.9. The highest BCUT2D eigenvalue weighted by molar-refractivity contribution is 9.10. The van der Waals surface area contributed by atoms with Crippen LogP contribution in [0, 0.1) is 0 Å². The molecule has 0 aliphatic carbocycles. The van der Waals surface area contributed by atoms with Gasteiger partial charge >= 0.3 is 0 Å². The summed E-state index contributed by atoms with van der Waals surface area (Å²) in [6.45, 7) is 2.93. The molecule has 6 heteroatoms. The van der Waals surface area contributed by atoms with Crippen LogP contribution in [0.2, 0.25) is 0 Å². The lowest BCUT2D eigenvalue weighted by Gasteiger charge is -2.30. The summed E-state index contributed by atoms with van der Waals surface area (Å²) >= 11 is 10.9. The molecule has 3 nitrogen and oxygen atoms in total. The topological polar surface area (TPSA) is 30.7 Å². The monoisotopic (exact) mass is 463 g/mol. The highest BCUT2D eigenvalue weighted by Crippen LogP contribution is 2.33. The number of rotatable bonds is 6. The van der Waals surface area contributed by atoms with Crippen molar-refractivity contribution in [1.29, 1.82) is 0 Å². The quantitative estimate of drug-likeness (QED) is 0.594. The van der Waals surface area contributed by atoms with E-state index in [-0.39, 0.29) is 5.41 Å². The van der Waals surface area contributed by atoms with Crippen LogP contribution >= 0.6 is 47.8 Å². The minimum atomic E-state index is -0.0380. The van der Waals surface area contributed by atoms with E-state index >= 15 is 0 Å². The average Bonchev–Trinajstić information content (AvgIpc) is 2.92. The van der Waals surface area contributed by atoms with Gasteiger partial charge in [0.1, 0.15) is 12.2 Å².